The molecule has 4 heteroatoms. The van der Waals surface area contributed by atoms with E-state index in [-0.39, 0.29) is 0 Å². The highest BCUT2D eigenvalue weighted by Crippen LogP contribution is 2.15. The van der Waals surface area contributed by atoms with E-state index >= 15 is 0 Å². The van der Waals surface area contributed by atoms with Gasteiger partial charge in [-0.2, -0.15) is 0 Å². The lowest BCUT2D eigenvalue weighted by molar-refractivity contribution is 0.531. The molecule has 2 heterocycles. The van der Waals surface area contributed by atoms with E-state index in [1.807, 2.05) is 19.1 Å². The molecule has 4 nitrogen and oxygen atoms in total. The van der Waals surface area contributed by atoms with Crippen LogP contribution in [0, 0.1) is 13.8 Å². The molecule has 0 fully saturated rings. The molecule has 0 bridgehead atoms. The second-order valence-corrected chi connectivity index (χ2v) is 2.84. The monoisotopic (exact) mass is 175 g/mol. The Hall–Kier alpha value is -1.71. The molecule has 0 unspecified atom stereocenters. The second kappa shape index (κ2) is 2.97. The Kier molecular flexibility index (Phi) is 1.81. The van der Waals surface area contributed by atoms with Crippen LogP contribution in [0.15, 0.2) is 22.7 Å². The fourth-order valence-electron chi connectivity index (χ4n) is 1.05. The molecular weight excluding hydrogens is 166 g/mol. The number of aryl methyl sites for hydroxylation is 2. The zero-order valence-electron chi connectivity index (χ0n) is 7.48. The zero-order chi connectivity index (χ0) is 9.26. The maximum atomic E-state index is 5.24. The normalized spacial score (nSPS) is 10.3. The van der Waals surface area contributed by atoms with Crippen LogP contribution in [-0.4, -0.2) is 15.2 Å². The smallest absolute Gasteiger partial charge is 0.266 e. The Bertz CT molecular complexity index is 422. The van der Waals surface area contributed by atoms with E-state index in [1.54, 1.807) is 13.1 Å². The van der Waals surface area contributed by atoms with Crippen molar-refractivity contribution in [3.8, 4) is 11.6 Å². The predicted octanol–water partition coefficient (Wildman–Crippen LogP) is 1.75. The summed E-state index contributed by atoms with van der Waals surface area (Å²) in [7, 11) is 0. The fourth-order valence-corrected chi connectivity index (χ4v) is 1.05. The highest BCUT2D eigenvalue weighted by molar-refractivity contribution is 5.46. The van der Waals surface area contributed by atoms with Gasteiger partial charge in [-0.3, -0.25) is 4.98 Å². The maximum absolute atomic E-state index is 5.24. The molecule has 0 saturated carbocycles. The SMILES string of the molecule is Cc1ccnc(-c2nnc(C)o2)c1. The van der Waals surface area contributed by atoms with Crippen LogP contribution in [0.5, 0.6) is 0 Å². The summed E-state index contributed by atoms with van der Waals surface area (Å²) >= 11 is 0. The molecule has 66 valence electrons. The van der Waals surface area contributed by atoms with Crippen LogP contribution in [0.2, 0.25) is 0 Å². The Balaban J connectivity index is 2.46. The molecule has 0 saturated heterocycles. The summed E-state index contributed by atoms with van der Waals surface area (Å²) in [6, 6.07) is 3.83. The van der Waals surface area contributed by atoms with Crippen molar-refractivity contribution in [1.29, 1.82) is 0 Å². The van der Waals surface area contributed by atoms with Gasteiger partial charge in [-0.1, -0.05) is 0 Å². The van der Waals surface area contributed by atoms with E-state index in [1.165, 1.54) is 0 Å². The molecule has 0 aliphatic rings. The minimum Gasteiger partial charge on any atom is -0.420 e. The van der Waals surface area contributed by atoms with Crippen LogP contribution in [-0.2, 0) is 0 Å². The Morgan fingerprint density at radius 3 is 2.69 bits per heavy atom. The third-order valence-electron chi connectivity index (χ3n) is 1.66. The average Bonchev–Trinajstić information content (AvgIpc) is 2.52. The van der Waals surface area contributed by atoms with Crippen molar-refractivity contribution < 1.29 is 4.42 Å². The van der Waals surface area contributed by atoms with E-state index in [4.69, 9.17) is 4.42 Å². The molecule has 2 aromatic heterocycles. The van der Waals surface area contributed by atoms with E-state index in [0.717, 1.165) is 11.3 Å². The van der Waals surface area contributed by atoms with Gasteiger partial charge in [-0.25, -0.2) is 0 Å². The summed E-state index contributed by atoms with van der Waals surface area (Å²) in [6.45, 7) is 3.75. The summed E-state index contributed by atoms with van der Waals surface area (Å²) in [5, 5.41) is 7.61. The lowest BCUT2D eigenvalue weighted by atomic mass is 10.2. The number of nitrogens with zero attached hydrogens (tertiary/aromatic N) is 3. The van der Waals surface area contributed by atoms with Gasteiger partial charge in [0.1, 0.15) is 5.69 Å². The highest BCUT2D eigenvalue weighted by atomic mass is 16.4. The summed E-state index contributed by atoms with van der Waals surface area (Å²) < 4.78 is 5.24. The third-order valence-corrected chi connectivity index (χ3v) is 1.66. The minimum absolute atomic E-state index is 0.473. The Morgan fingerprint density at radius 1 is 1.23 bits per heavy atom. The lowest BCUT2D eigenvalue weighted by Gasteiger charge is -1.94. The first-order chi connectivity index (χ1) is 6.25. The van der Waals surface area contributed by atoms with Gasteiger partial charge in [0.05, 0.1) is 0 Å². The van der Waals surface area contributed by atoms with Crippen molar-refractivity contribution in [3.63, 3.8) is 0 Å². The summed E-state index contributed by atoms with van der Waals surface area (Å²) in [4.78, 5) is 4.13. The van der Waals surface area contributed by atoms with Gasteiger partial charge in [-0.15, -0.1) is 10.2 Å². The quantitative estimate of drug-likeness (QED) is 0.662. The van der Waals surface area contributed by atoms with Crippen LogP contribution >= 0.6 is 0 Å². The van der Waals surface area contributed by atoms with Gasteiger partial charge in [-0.05, 0) is 24.6 Å². The van der Waals surface area contributed by atoms with Crippen LogP contribution in [0.3, 0.4) is 0 Å². The van der Waals surface area contributed by atoms with Gasteiger partial charge in [0.25, 0.3) is 5.89 Å². The van der Waals surface area contributed by atoms with E-state index in [2.05, 4.69) is 15.2 Å². The zero-order valence-corrected chi connectivity index (χ0v) is 7.48. The van der Waals surface area contributed by atoms with E-state index < -0.39 is 0 Å². The molecule has 13 heavy (non-hydrogen) atoms. The molecule has 0 aliphatic carbocycles. The molecule has 2 rings (SSSR count). The van der Waals surface area contributed by atoms with Crippen LogP contribution in [0.1, 0.15) is 11.5 Å². The number of aromatic nitrogens is 3. The van der Waals surface area contributed by atoms with E-state index in [9.17, 15) is 0 Å². The summed E-state index contributed by atoms with van der Waals surface area (Å²) in [5.74, 6) is 1.03. The molecule has 0 atom stereocenters. The molecule has 0 spiro atoms. The van der Waals surface area contributed by atoms with Crippen molar-refractivity contribution in [2.45, 2.75) is 13.8 Å². The van der Waals surface area contributed by atoms with Gasteiger partial charge in [0, 0.05) is 13.1 Å². The summed E-state index contributed by atoms with van der Waals surface area (Å²) in [6.07, 6.45) is 1.73. The van der Waals surface area contributed by atoms with Crippen LogP contribution in [0.25, 0.3) is 11.6 Å². The van der Waals surface area contributed by atoms with Crippen molar-refractivity contribution in [3.05, 3.63) is 29.8 Å². The van der Waals surface area contributed by atoms with Gasteiger partial charge in [0.2, 0.25) is 5.89 Å². The van der Waals surface area contributed by atoms with Gasteiger partial charge in [0.15, 0.2) is 0 Å². The van der Waals surface area contributed by atoms with E-state index in [0.29, 0.717) is 11.8 Å². The first-order valence-corrected chi connectivity index (χ1v) is 3.99. The average molecular weight is 175 g/mol. The molecule has 0 radical (unpaired) electrons. The minimum atomic E-state index is 0.473. The summed E-state index contributed by atoms with van der Waals surface area (Å²) in [5.41, 5.74) is 1.85. The van der Waals surface area contributed by atoms with Gasteiger partial charge < -0.3 is 4.42 Å². The topological polar surface area (TPSA) is 51.8 Å². The lowest BCUT2D eigenvalue weighted by Crippen LogP contribution is -1.83. The number of hydrogen-bond acceptors (Lipinski definition) is 4. The molecule has 0 aliphatic heterocycles. The van der Waals surface area contributed by atoms with Crippen molar-refractivity contribution in [2.24, 2.45) is 0 Å². The van der Waals surface area contributed by atoms with Crippen LogP contribution < -0.4 is 0 Å². The first kappa shape index (κ1) is 7.91. The Morgan fingerprint density at radius 2 is 2.08 bits per heavy atom. The molecule has 0 aromatic carbocycles. The van der Waals surface area contributed by atoms with Crippen molar-refractivity contribution in [1.82, 2.24) is 15.2 Å². The second-order valence-electron chi connectivity index (χ2n) is 2.84. The number of pyridine rings is 1. The largest absolute Gasteiger partial charge is 0.420 e. The first-order valence-electron chi connectivity index (χ1n) is 3.99. The molecule has 0 amide bonds. The maximum Gasteiger partial charge on any atom is 0.266 e. The Labute approximate surface area is 75.6 Å². The standard InChI is InChI=1S/C9H9N3O/c1-6-3-4-10-8(5-6)9-12-11-7(2)13-9/h3-5H,1-2H3. The van der Waals surface area contributed by atoms with Crippen molar-refractivity contribution >= 4 is 0 Å². The third kappa shape index (κ3) is 1.56. The number of rotatable bonds is 1. The molecular formula is C9H9N3O. The highest BCUT2D eigenvalue weighted by Gasteiger charge is 2.06. The molecule has 0 N–H and O–H groups in total. The number of hydrogen-bond donors (Lipinski definition) is 0. The molecule has 2 aromatic rings. The predicted molar refractivity (Wildman–Crippen MR) is 47.0 cm³/mol. The van der Waals surface area contributed by atoms with Crippen molar-refractivity contribution in [2.75, 3.05) is 0 Å². The fraction of sp³-hybridized carbons (Fsp3) is 0.222. The van der Waals surface area contributed by atoms with Crippen LogP contribution in [0.4, 0.5) is 0 Å². The van der Waals surface area contributed by atoms with Gasteiger partial charge >= 0.3 is 0 Å².